The number of hydrogen-bond donors (Lipinski definition) is 1. The number of piperidine rings is 1. The Labute approximate surface area is 184 Å². The van der Waals surface area contributed by atoms with Crippen LogP contribution >= 0.6 is 0 Å². The second kappa shape index (κ2) is 8.50. The molecule has 2 aromatic rings. The maximum absolute atomic E-state index is 13.6. The minimum absolute atomic E-state index is 0.0501. The fourth-order valence-electron chi connectivity index (χ4n) is 4.31. The molecule has 2 aliphatic rings. The van der Waals surface area contributed by atoms with Gasteiger partial charge in [-0.05, 0) is 88.3 Å². The number of rotatable bonds is 6. The van der Waals surface area contributed by atoms with Gasteiger partial charge in [-0.3, -0.25) is 4.79 Å². The fourth-order valence-corrected chi connectivity index (χ4v) is 4.31. The summed E-state index contributed by atoms with van der Waals surface area (Å²) < 4.78 is 11.6. The molecular formula is C25H32N2O4. The van der Waals surface area contributed by atoms with Crippen molar-refractivity contribution in [2.24, 2.45) is 0 Å². The third-order valence-electron chi connectivity index (χ3n) is 6.31. The first-order valence-corrected chi connectivity index (χ1v) is 11.1. The minimum atomic E-state index is -1.05. The van der Waals surface area contributed by atoms with E-state index in [2.05, 4.69) is 11.9 Å². The average molecular weight is 425 g/mol. The summed E-state index contributed by atoms with van der Waals surface area (Å²) in [5, 5.41) is 10.5. The summed E-state index contributed by atoms with van der Waals surface area (Å²) in [6, 6.07) is 9.54. The molecule has 4 rings (SSSR count). The molecule has 31 heavy (non-hydrogen) atoms. The van der Waals surface area contributed by atoms with Crippen molar-refractivity contribution in [1.29, 1.82) is 0 Å². The molecule has 1 aromatic heterocycles. The summed E-state index contributed by atoms with van der Waals surface area (Å²) in [6.45, 7) is 6.03. The van der Waals surface area contributed by atoms with Crippen LogP contribution in [-0.4, -0.2) is 46.7 Å². The Morgan fingerprint density at radius 3 is 2.65 bits per heavy atom. The highest BCUT2D eigenvalue weighted by molar-refractivity contribution is 5.96. The quantitative estimate of drug-likeness (QED) is 0.750. The van der Waals surface area contributed by atoms with Crippen LogP contribution in [0.5, 0.6) is 11.6 Å². The van der Waals surface area contributed by atoms with E-state index in [1.165, 1.54) is 0 Å². The molecule has 1 saturated heterocycles. The molecule has 166 valence electrons. The van der Waals surface area contributed by atoms with Crippen molar-refractivity contribution in [2.75, 3.05) is 13.7 Å². The molecule has 1 N–H and O–H groups in total. The standard InChI is InChI=1S/C25H32N2O4/c1-16-7-10-19(31-23-22(25(2,3)29)6-5-13-26-23)15-27(16)24(28)20-12-11-18(30-4)14-21(20)17-8-9-17/h5-6,11-14,16-17,19,29H,7-10,15H2,1-4H3. The Kier molecular flexibility index (Phi) is 5.93. The van der Waals surface area contributed by atoms with Crippen molar-refractivity contribution in [1.82, 2.24) is 9.88 Å². The zero-order valence-electron chi connectivity index (χ0n) is 18.8. The summed E-state index contributed by atoms with van der Waals surface area (Å²) >= 11 is 0. The minimum Gasteiger partial charge on any atom is -0.497 e. The number of aliphatic hydroxyl groups is 1. The number of pyridine rings is 1. The molecule has 6 heteroatoms. The first-order valence-electron chi connectivity index (χ1n) is 11.1. The van der Waals surface area contributed by atoms with E-state index in [1.807, 2.05) is 29.2 Å². The highest BCUT2D eigenvalue weighted by atomic mass is 16.5. The maximum atomic E-state index is 13.6. The topological polar surface area (TPSA) is 71.9 Å². The Balaban J connectivity index is 1.55. The summed E-state index contributed by atoms with van der Waals surface area (Å²) in [5.74, 6) is 1.73. The van der Waals surface area contributed by atoms with Crippen molar-refractivity contribution >= 4 is 5.91 Å². The van der Waals surface area contributed by atoms with E-state index in [4.69, 9.17) is 9.47 Å². The lowest BCUT2D eigenvalue weighted by Gasteiger charge is -2.38. The molecule has 2 atom stereocenters. The van der Waals surface area contributed by atoms with Crippen LogP contribution < -0.4 is 9.47 Å². The van der Waals surface area contributed by atoms with Gasteiger partial charge in [0.25, 0.3) is 5.91 Å². The molecule has 1 aliphatic carbocycles. The summed E-state index contributed by atoms with van der Waals surface area (Å²) in [7, 11) is 1.65. The molecule has 1 amide bonds. The van der Waals surface area contributed by atoms with Crippen LogP contribution in [0.2, 0.25) is 0 Å². The van der Waals surface area contributed by atoms with Crippen LogP contribution in [0.25, 0.3) is 0 Å². The van der Waals surface area contributed by atoms with E-state index in [1.54, 1.807) is 33.2 Å². The lowest BCUT2D eigenvalue weighted by molar-refractivity contribution is 0.0325. The van der Waals surface area contributed by atoms with Crippen molar-refractivity contribution in [3.63, 3.8) is 0 Å². The number of carbonyl (C=O) groups is 1. The highest BCUT2D eigenvalue weighted by Gasteiger charge is 2.35. The number of aromatic nitrogens is 1. The zero-order chi connectivity index (χ0) is 22.2. The SMILES string of the molecule is COc1ccc(C(=O)N2CC(Oc3ncccc3C(C)(C)O)CCC2C)c(C2CC2)c1. The number of ether oxygens (including phenoxy) is 2. The van der Waals surface area contributed by atoms with Gasteiger partial charge in [0.15, 0.2) is 0 Å². The average Bonchev–Trinajstić information content (AvgIpc) is 3.59. The van der Waals surface area contributed by atoms with E-state index >= 15 is 0 Å². The Morgan fingerprint density at radius 2 is 1.97 bits per heavy atom. The Hall–Kier alpha value is -2.60. The summed E-state index contributed by atoms with van der Waals surface area (Å²) in [5.41, 5.74) is 1.46. The van der Waals surface area contributed by atoms with Crippen LogP contribution in [0.15, 0.2) is 36.5 Å². The van der Waals surface area contributed by atoms with Gasteiger partial charge in [-0.15, -0.1) is 0 Å². The third-order valence-corrected chi connectivity index (χ3v) is 6.31. The fraction of sp³-hybridized carbons (Fsp3) is 0.520. The van der Waals surface area contributed by atoms with Gasteiger partial charge in [-0.25, -0.2) is 4.98 Å². The monoisotopic (exact) mass is 424 g/mol. The highest BCUT2D eigenvalue weighted by Crippen LogP contribution is 2.43. The van der Waals surface area contributed by atoms with Gasteiger partial charge in [0.1, 0.15) is 11.9 Å². The van der Waals surface area contributed by atoms with Crippen molar-refractivity contribution in [3.8, 4) is 11.6 Å². The molecule has 2 heterocycles. The van der Waals surface area contributed by atoms with Gasteiger partial charge < -0.3 is 19.5 Å². The predicted octanol–water partition coefficient (Wildman–Crippen LogP) is 4.27. The summed E-state index contributed by atoms with van der Waals surface area (Å²) in [6.07, 6.45) is 5.43. The number of likely N-dealkylation sites (tertiary alicyclic amines) is 1. The molecule has 2 unspecified atom stereocenters. The van der Waals surface area contributed by atoms with Crippen LogP contribution in [0, 0.1) is 0 Å². The number of methoxy groups -OCH3 is 1. The van der Waals surface area contributed by atoms with Crippen LogP contribution in [0.4, 0.5) is 0 Å². The van der Waals surface area contributed by atoms with Gasteiger partial charge in [-0.1, -0.05) is 0 Å². The second-order valence-electron chi connectivity index (χ2n) is 9.27. The molecule has 0 spiro atoms. The normalized spacial score (nSPS) is 21.6. The number of carbonyl (C=O) groups excluding carboxylic acids is 1. The largest absolute Gasteiger partial charge is 0.497 e. The van der Waals surface area contributed by atoms with Crippen LogP contribution in [0.1, 0.15) is 73.9 Å². The molecule has 1 aromatic carbocycles. The van der Waals surface area contributed by atoms with Crippen molar-refractivity contribution < 1.29 is 19.4 Å². The van der Waals surface area contributed by atoms with E-state index in [9.17, 15) is 9.90 Å². The molecular weight excluding hydrogens is 392 g/mol. The second-order valence-corrected chi connectivity index (χ2v) is 9.27. The van der Waals surface area contributed by atoms with E-state index < -0.39 is 5.60 Å². The van der Waals surface area contributed by atoms with E-state index in [0.717, 1.165) is 42.6 Å². The van der Waals surface area contributed by atoms with Crippen LogP contribution in [-0.2, 0) is 5.60 Å². The number of nitrogens with zero attached hydrogens (tertiary/aromatic N) is 2. The van der Waals surface area contributed by atoms with Gasteiger partial charge in [-0.2, -0.15) is 0 Å². The molecule has 0 bridgehead atoms. The van der Waals surface area contributed by atoms with Crippen LogP contribution in [0.3, 0.4) is 0 Å². The zero-order valence-corrected chi connectivity index (χ0v) is 18.8. The van der Waals surface area contributed by atoms with Crippen molar-refractivity contribution in [2.45, 2.75) is 70.1 Å². The molecule has 1 saturated carbocycles. The molecule has 1 aliphatic heterocycles. The number of hydrogen-bond acceptors (Lipinski definition) is 5. The van der Waals surface area contributed by atoms with E-state index in [0.29, 0.717) is 23.9 Å². The first kappa shape index (κ1) is 21.6. The smallest absolute Gasteiger partial charge is 0.254 e. The van der Waals surface area contributed by atoms with Gasteiger partial charge >= 0.3 is 0 Å². The van der Waals surface area contributed by atoms with E-state index in [-0.39, 0.29) is 18.1 Å². The van der Waals surface area contributed by atoms with Gasteiger partial charge in [0.05, 0.1) is 19.3 Å². The predicted molar refractivity (Wildman–Crippen MR) is 119 cm³/mol. The van der Waals surface area contributed by atoms with Gasteiger partial charge in [0, 0.05) is 23.4 Å². The molecule has 2 fully saturated rings. The lowest BCUT2D eigenvalue weighted by atomic mass is 9.96. The number of amides is 1. The molecule has 0 radical (unpaired) electrons. The van der Waals surface area contributed by atoms with Crippen molar-refractivity contribution in [3.05, 3.63) is 53.2 Å². The maximum Gasteiger partial charge on any atom is 0.254 e. The third kappa shape index (κ3) is 4.69. The first-order chi connectivity index (χ1) is 14.8. The number of benzene rings is 1. The Bertz CT molecular complexity index is 949. The lowest BCUT2D eigenvalue weighted by Crippen LogP contribution is -2.49. The van der Waals surface area contributed by atoms with Gasteiger partial charge in [0.2, 0.25) is 5.88 Å². The Morgan fingerprint density at radius 1 is 1.19 bits per heavy atom. The summed E-state index contributed by atoms with van der Waals surface area (Å²) in [4.78, 5) is 19.8. The molecule has 6 nitrogen and oxygen atoms in total.